The van der Waals surface area contributed by atoms with Gasteiger partial charge in [0.25, 0.3) is 0 Å². The molecule has 23 heavy (non-hydrogen) atoms. The van der Waals surface area contributed by atoms with Gasteiger partial charge >= 0.3 is 0 Å². The molecule has 0 spiro atoms. The van der Waals surface area contributed by atoms with Gasteiger partial charge in [-0.2, -0.15) is 0 Å². The van der Waals surface area contributed by atoms with Gasteiger partial charge in [0.15, 0.2) is 0 Å². The molecule has 1 aromatic heterocycles. The zero-order valence-electron chi connectivity index (χ0n) is 13.0. The molecular weight excluding hydrogens is 291 g/mol. The van der Waals surface area contributed by atoms with Gasteiger partial charge in [-0.15, -0.1) is 0 Å². The Kier molecular flexibility index (Phi) is 3.66. The zero-order chi connectivity index (χ0) is 15.9. The molecule has 0 saturated carbocycles. The predicted molar refractivity (Wildman–Crippen MR) is 86.1 cm³/mol. The number of nitrogens with zero attached hydrogens (tertiary/aromatic N) is 2. The summed E-state index contributed by atoms with van der Waals surface area (Å²) >= 11 is 0. The minimum Gasteiger partial charge on any atom is -0.385 e. The molecule has 2 aromatic rings. The molecule has 3 heterocycles. The highest BCUT2D eigenvalue weighted by atomic mass is 19.1. The van der Waals surface area contributed by atoms with Crippen LogP contribution in [0.1, 0.15) is 36.9 Å². The summed E-state index contributed by atoms with van der Waals surface area (Å²) in [5.74, 6) is -0.257. The lowest BCUT2D eigenvalue weighted by Crippen LogP contribution is -2.49. The highest BCUT2D eigenvalue weighted by Crippen LogP contribution is 2.46. The Labute approximate surface area is 135 Å². The molecule has 4 heteroatoms. The molecule has 1 aromatic carbocycles. The largest absolute Gasteiger partial charge is 0.385 e. The van der Waals surface area contributed by atoms with E-state index in [1.54, 1.807) is 12.1 Å². The topological polar surface area (TPSA) is 36.4 Å². The van der Waals surface area contributed by atoms with Crippen LogP contribution in [0.5, 0.6) is 0 Å². The van der Waals surface area contributed by atoms with E-state index in [1.165, 1.54) is 12.1 Å². The van der Waals surface area contributed by atoms with Crippen LogP contribution in [0.2, 0.25) is 0 Å². The number of aromatic nitrogens is 1. The summed E-state index contributed by atoms with van der Waals surface area (Å²) in [4.78, 5) is 6.91. The van der Waals surface area contributed by atoms with Gasteiger partial charge in [-0.3, -0.25) is 9.88 Å². The van der Waals surface area contributed by atoms with E-state index in [1.807, 2.05) is 18.3 Å². The van der Waals surface area contributed by atoms with Gasteiger partial charge in [0.1, 0.15) is 5.82 Å². The van der Waals surface area contributed by atoms with E-state index in [9.17, 15) is 9.50 Å². The molecule has 0 amide bonds. The maximum atomic E-state index is 13.2. The first-order chi connectivity index (χ1) is 11.1. The first kappa shape index (κ1) is 14.8. The van der Waals surface area contributed by atoms with E-state index >= 15 is 0 Å². The number of rotatable bonds is 3. The highest BCUT2D eigenvalue weighted by molar-refractivity contribution is 5.25. The molecule has 0 radical (unpaired) electrons. The number of benzene rings is 1. The van der Waals surface area contributed by atoms with Crippen molar-refractivity contribution in [2.24, 2.45) is 0 Å². The van der Waals surface area contributed by atoms with E-state index in [0.717, 1.165) is 30.6 Å². The molecule has 1 unspecified atom stereocenters. The van der Waals surface area contributed by atoms with Crippen molar-refractivity contribution < 1.29 is 9.50 Å². The zero-order valence-corrected chi connectivity index (χ0v) is 13.0. The van der Waals surface area contributed by atoms with Crippen LogP contribution in [-0.4, -0.2) is 27.1 Å². The van der Waals surface area contributed by atoms with Crippen molar-refractivity contribution in [3.8, 4) is 0 Å². The molecule has 2 saturated heterocycles. The normalized spacial score (nSPS) is 30.5. The average molecular weight is 312 g/mol. The molecular formula is C19H21FN2O. The number of fused-ring (bicyclic) bond motifs is 2. The summed E-state index contributed by atoms with van der Waals surface area (Å²) in [5.41, 5.74) is 1.09. The van der Waals surface area contributed by atoms with Crippen molar-refractivity contribution >= 4 is 0 Å². The lowest BCUT2D eigenvalue weighted by atomic mass is 9.80. The highest BCUT2D eigenvalue weighted by Gasteiger charge is 2.48. The summed E-state index contributed by atoms with van der Waals surface area (Å²) < 4.78 is 13.2. The second kappa shape index (κ2) is 5.69. The van der Waals surface area contributed by atoms with E-state index in [4.69, 9.17) is 0 Å². The maximum absolute atomic E-state index is 13.2. The second-order valence-corrected chi connectivity index (χ2v) is 6.83. The Hall–Kier alpha value is -1.78. The average Bonchev–Trinajstić information content (AvgIpc) is 2.80. The Balaban J connectivity index is 1.54. The number of hydrogen-bond acceptors (Lipinski definition) is 3. The van der Waals surface area contributed by atoms with Crippen LogP contribution >= 0.6 is 0 Å². The molecule has 0 aliphatic carbocycles. The van der Waals surface area contributed by atoms with E-state index < -0.39 is 5.60 Å². The van der Waals surface area contributed by atoms with Crippen LogP contribution in [0.15, 0.2) is 48.7 Å². The number of piperidine rings is 1. The van der Waals surface area contributed by atoms with Crippen molar-refractivity contribution in [3.63, 3.8) is 0 Å². The molecule has 3 nitrogen and oxygen atoms in total. The molecule has 2 fully saturated rings. The van der Waals surface area contributed by atoms with Crippen LogP contribution < -0.4 is 0 Å². The summed E-state index contributed by atoms with van der Waals surface area (Å²) in [6.45, 7) is 0.843. The second-order valence-electron chi connectivity index (χ2n) is 6.83. The third-order valence-electron chi connectivity index (χ3n) is 5.37. The number of hydrogen-bond donors (Lipinski definition) is 1. The summed E-state index contributed by atoms with van der Waals surface area (Å²) in [6, 6.07) is 13.1. The molecule has 2 aliphatic rings. The fraction of sp³-hybridized carbons (Fsp3) is 0.421. The van der Waals surface area contributed by atoms with Crippen molar-refractivity contribution in [2.75, 3.05) is 0 Å². The van der Waals surface area contributed by atoms with E-state index in [2.05, 4.69) is 16.0 Å². The fourth-order valence-electron chi connectivity index (χ4n) is 4.25. The van der Waals surface area contributed by atoms with Crippen LogP contribution in [0, 0.1) is 5.82 Å². The number of halogens is 1. The quantitative estimate of drug-likeness (QED) is 0.945. The molecule has 2 aliphatic heterocycles. The predicted octanol–water partition coefficient (Wildman–Crippen LogP) is 3.24. The van der Waals surface area contributed by atoms with Crippen LogP contribution in [0.4, 0.5) is 4.39 Å². The third-order valence-corrected chi connectivity index (χ3v) is 5.37. The minimum absolute atomic E-state index is 0.257. The minimum atomic E-state index is -0.833. The molecule has 3 atom stereocenters. The molecule has 2 bridgehead atoms. The molecule has 1 N–H and O–H groups in total. The summed E-state index contributed by atoms with van der Waals surface area (Å²) in [5, 5.41) is 11.1. The van der Waals surface area contributed by atoms with Crippen molar-refractivity contribution in [1.29, 1.82) is 0 Å². The fourth-order valence-corrected chi connectivity index (χ4v) is 4.25. The first-order valence-electron chi connectivity index (χ1n) is 8.28. The standard InChI is InChI=1S/C19H21FN2O/c20-15-6-4-14(5-7-15)19(23)11-17-8-9-18(12-19)22(17)13-16-3-1-2-10-21-16/h1-7,10,17-18,23H,8-9,11-13H2/t17-,18+,19?. The van der Waals surface area contributed by atoms with Crippen LogP contribution in [0.3, 0.4) is 0 Å². The van der Waals surface area contributed by atoms with Gasteiger partial charge in [0.2, 0.25) is 0 Å². The van der Waals surface area contributed by atoms with Crippen LogP contribution in [0.25, 0.3) is 0 Å². The van der Waals surface area contributed by atoms with Gasteiger partial charge in [0.05, 0.1) is 11.3 Å². The monoisotopic (exact) mass is 312 g/mol. The van der Waals surface area contributed by atoms with E-state index in [0.29, 0.717) is 24.9 Å². The third kappa shape index (κ3) is 2.77. The van der Waals surface area contributed by atoms with Gasteiger partial charge in [-0.1, -0.05) is 18.2 Å². The molecule has 120 valence electrons. The molecule has 4 rings (SSSR count). The van der Waals surface area contributed by atoms with Gasteiger partial charge in [-0.25, -0.2) is 4.39 Å². The van der Waals surface area contributed by atoms with Crippen molar-refractivity contribution in [1.82, 2.24) is 9.88 Å². The summed E-state index contributed by atoms with van der Waals surface area (Å²) in [6.07, 6.45) is 5.47. The Morgan fingerprint density at radius 3 is 2.39 bits per heavy atom. The van der Waals surface area contributed by atoms with Crippen molar-refractivity contribution in [3.05, 3.63) is 65.7 Å². The lowest BCUT2D eigenvalue weighted by molar-refractivity contribution is -0.0598. The lowest BCUT2D eigenvalue weighted by Gasteiger charge is -2.44. The Morgan fingerprint density at radius 1 is 1.09 bits per heavy atom. The summed E-state index contributed by atoms with van der Waals surface area (Å²) in [7, 11) is 0. The Morgan fingerprint density at radius 2 is 1.78 bits per heavy atom. The SMILES string of the molecule is OC1(c2ccc(F)cc2)C[C@H]2CC[C@@H](C1)N2Cc1ccccn1. The smallest absolute Gasteiger partial charge is 0.123 e. The number of aliphatic hydroxyl groups is 1. The van der Waals surface area contributed by atoms with Gasteiger partial charge in [0, 0.05) is 24.8 Å². The van der Waals surface area contributed by atoms with Gasteiger partial charge < -0.3 is 5.11 Å². The maximum Gasteiger partial charge on any atom is 0.123 e. The first-order valence-corrected chi connectivity index (χ1v) is 8.28. The van der Waals surface area contributed by atoms with Gasteiger partial charge in [-0.05, 0) is 55.5 Å². The van der Waals surface area contributed by atoms with Crippen LogP contribution in [-0.2, 0) is 12.1 Å². The number of pyridine rings is 1. The van der Waals surface area contributed by atoms with Crippen molar-refractivity contribution in [2.45, 2.75) is 49.9 Å². The van der Waals surface area contributed by atoms with E-state index in [-0.39, 0.29) is 5.82 Å². The Bertz CT molecular complexity index is 660.